The van der Waals surface area contributed by atoms with Gasteiger partial charge in [-0.3, -0.25) is 4.79 Å². The van der Waals surface area contributed by atoms with Gasteiger partial charge in [0.15, 0.2) is 5.82 Å². The topological polar surface area (TPSA) is 81.9 Å². The molecule has 5 rings (SSSR count). The molecule has 7 heteroatoms. The molecule has 5 aromatic rings. The number of aromatic nitrogens is 4. The van der Waals surface area contributed by atoms with Crippen LogP contribution >= 0.6 is 0 Å². The predicted molar refractivity (Wildman–Crippen MR) is 139 cm³/mol. The second-order valence-electron chi connectivity index (χ2n) is 8.44. The molecule has 7 nitrogen and oxygen atoms in total. The number of nitrogens with one attached hydrogen (secondary N) is 1. The first-order valence-corrected chi connectivity index (χ1v) is 11.6. The van der Waals surface area contributed by atoms with Gasteiger partial charge in [-0.15, -0.1) is 10.2 Å². The van der Waals surface area contributed by atoms with Crippen LogP contribution in [0.1, 0.15) is 28.4 Å². The summed E-state index contributed by atoms with van der Waals surface area (Å²) in [5, 5.41) is 15.8. The number of benzene rings is 3. The van der Waals surface area contributed by atoms with Crippen LogP contribution in [-0.4, -0.2) is 25.9 Å². The van der Waals surface area contributed by atoms with Gasteiger partial charge in [-0.25, -0.2) is 4.68 Å². The minimum atomic E-state index is -0.417. The van der Waals surface area contributed by atoms with Crippen molar-refractivity contribution in [1.82, 2.24) is 20.0 Å². The zero-order valence-corrected chi connectivity index (χ0v) is 20.0. The molecule has 0 saturated heterocycles. The van der Waals surface area contributed by atoms with Crippen molar-refractivity contribution in [2.75, 3.05) is 5.32 Å². The van der Waals surface area contributed by atoms with Gasteiger partial charge in [0, 0.05) is 17.4 Å². The number of carbonyl (C=O) groups is 1. The smallest absolute Gasteiger partial charge is 0.238 e. The van der Waals surface area contributed by atoms with Gasteiger partial charge >= 0.3 is 0 Å². The van der Waals surface area contributed by atoms with Gasteiger partial charge in [0.05, 0.1) is 11.6 Å². The summed E-state index contributed by atoms with van der Waals surface area (Å²) in [5.74, 6) is 1.05. The lowest BCUT2D eigenvalue weighted by molar-refractivity contribution is -0.116. The van der Waals surface area contributed by atoms with Crippen molar-refractivity contribution in [3.63, 3.8) is 0 Å². The van der Waals surface area contributed by atoms with E-state index in [9.17, 15) is 4.79 Å². The first-order valence-electron chi connectivity index (χ1n) is 11.6. The average molecular weight is 476 g/mol. The molecule has 3 aromatic carbocycles. The molecule has 0 aliphatic carbocycles. The Hall–Kier alpha value is -4.78. The fraction of sp³-hybridized carbons (Fsp3) is 0.103. The lowest BCUT2D eigenvalue weighted by Gasteiger charge is -2.18. The van der Waals surface area contributed by atoms with Gasteiger partial charge in [0.1, 0.15) is 5.75 Å². The fourth-order valence-corrected chi connectivity index (χ4v) is 4.07. The molecule has 0 aliphatic rings. The number of aryl methyl sites for hydroxylation is 2. The maximum absolute atomic E-state index is 13.3. The van der Waals surface area contributed by atoms with Crippen LogP contribution in [0.15, 0.2) is 103 Å². The van der Waals surface area contributed by atoms with Crippen molar-refractivity contribution in [3.05, 3.63) is 126 Å². The summed E-state index contributed by atoms with van der Waals surface area (Å²) in [5.41, 5.74) is 4.44. The maximum atomic E-state index is 13.3. The Morgan fingerprint density at radius 2 is 1.44 bits per heavy atom. The van der Waals surface area contributed by atoms with Gasteiger partial charge in [-0.1, -0.05) is 60.7 Å². The van der Waals surface area contributed by atoms with E-state index in [4.69, 9.17) is 4.74 Å². The van der Waals surface area contributed by atoms with Crippen molar-refractivity contribution in [2.24, 2.45) is 0 Å². The van der Waals surface area contributed by atoms with Crippen LogP contribution in [0.3, 0.4) is 0 Å². The fourth-order valence-electron chi connectivity index (χ4n) is 4.07. The Kier molecular flexibility index (Phi) is 6.53. The molecule has 0 unspecified atom stereocenters. The second-order valence-corrected chi connectivity index (χ2v) is 8.44. The van der Waals surface area contributed by atoms with Crippen molar-refractivity contribution in [2.45, 2.75) is 19.8 Å². The molecule has 178 valence electrons. The lowest BCUT2D eigenvalue weighted by Crippen LogP contribution is -2.22. The Balaban J connectivity index is 1.27. The summed E-state index contributed by atoms with van der Waals surface area (Å²) in [4.78, 5) is 13.3. The lowest BCUT2D eigenvalue weighted by atomic mass is 9.90. The minimum Gasteiger partial charge on any atom is -0.438 e. The van der Waals surface area contributed by atoms with Gasteiger partial charge < -0.3 is 10.1 Å². The summed E-state index contributed by atoms with van der Waals surface area (Å²) in [7, 11) is 0. The third-order valence-corrected chi connectivity index (χ3v) is 5.72. The molecule has 1 N–H and O–H groups in total. The SMILES string of the molecule is Cc1cc(C)n(-c2ccc(Oc3ccc(NC(=O)C(c4ccccc4)c4ccccc4)cc3)nn2)n1. The summed E-state index contributed by atoms with van der Waals surface area (Å²) >= 11 is 0. The van der Waals surface area contributed by atoms with Gasteiger partial charge in [0.2, 0.25) is 11.8 Å². The van der Waals surface area contributed by atoms with Crippen LogP contribution in [0.4, 0.5) is 5.69 Å². The van der Waals surface area contributed by atoms with Gasteiger partial charge in [0.25, 0.3) is 0 Å². The molecule has 0 spiro atoms. The molecule has 1 amide bonds. The maximum Gasteiger partial charge on any atom is 0.238 e. The standard InChI is InChI=1S/C29H25N5O2/c1-20-19-21(2)34(33-20)26-17-18-27(32-31-26)36-25-15-13-24(14-16-25)30-29(35)28(22-9-5-3-6-10-22)23-11-7-4-8-12-23/h3-19,28H,1-2H3,(H,30,35). The summed E-state index contributed by atoms with van der Waals surface area (Å²) in [6, 6.07) is 32.2. The van der Waals surface area contributed by atoms with Crippen molar-refractivity contribution in [1.29, 1.82) is 0 Å². The number of nitrogens with zero attached hydrogens (tertiary/aromatic N) is 4. The van der Waals surface area contributed by atoms with E-state index in [-0.39, 0.29) is 5.91 Å². The molecule has 0 saturated carbocycles. The molecule has 0 aliphatic heterocycles. The number of rotatable bonds is 7. The van der Waals surface area contributed by atoms with E-state index in [1.807, 2.05) is 86.6 Å². The van der Waals surface area contributed by atoms with E-state index in [0.29, 0.717) is 23.1 Å². The van der Waals surface area contributed by atoms with Crippen molar-refractivity contribution >= 4 is 11.6 Å². The van der Waals surface area contributed by atoms with E-state index in [0.717, 1.165) is 22.5 Å². The zero-order chi connectivity index (χ0) is 24.9. The predicted octanol–water partition coefficient (Wildman–Crippen LogP) is 5.84. The van der Waals surface area contributed by atoms with E-state index < -0.39 is 5.92 Å². The highest BCUT2D eigenvalue weighted by atomic mass is 16.5. The van der Waals surface area contributed by atoms with Crippen molar-refractivity contribution in [3.8, 4) is 17.4 Å². The molecule has 0 bridgehead atoms. The van der Waals surface area contributed by atoms with Crippen LogP contribution in [0.2, 0.25) is 0 Å². The number of hydrogen-bond donors (Lipinski definition) is 1. The van der Waals surface area contributed by atoms with Crippen LogP contribution in [0.5, 0.6) is 11.6 Å². The number of amides is 1. The highest BCUT2D eigenvalue weighted by Crippen LogP contribution is 2.27. The zero-order valence-electron chi connectivity index (χ0n) is 20.0. The van der Waals surface area contributed by atoms with E-state index in [2.05, 4.69) is 20.6 Å². The van der Waals surface area contributed by atoms with Crippen LogP contribution in [0.25, 0.3) is 5.82 Å². The number of anilines is 1. The Morgan fingerprint density at radius 3 is 1.97 bits per heavy atom. The number of hydrogen-bond acceptors (Lipinski definition) is 5. The summed E-state index contributed by atoms with van der Waals surface area (Å²) in [6.45, 7) is 3.90. The van der Waals surface area contributed by atoms with Gasteiger partial charge in [-0.05, 0) is 61.4 Å². The molecule has 0 fully saturated rings. The van der Waals surface area contributed by atoms with Crippen LogP contribution < -0.4 is 10.1 Å². The highest BCUT2D eigenvalue weighted by Gasteiger charge is 2.22. The minimum absolute atomic E-state index is 0.105. The quantitative estimate of drug-likeness (QED) is 0.320. The normalized spacial score (nSPS) is 10.9. The first kappa shape index (κ1) is 23.0. The Labute approximate surface area is 209 Å². The first-order chi connectivity index (χ1) is 17.6. The third-order valence-electron chi connectivity index (χ3n) is 5.72. The third kappa shape index (κ3) is 5.15. The highest BCUT2D eigenvalue weighted by molar-refractivity contribution is 5.98. The van der Waals surface area contributed by atoms with E-state index in [1.165, 1.54) is 0 Å². The Bertz CT molecular complexity index is 1410. The largest absolute Gasteiger partial charge is 0.438 e. The molecule has 0 atom stereocenters. The molecule has 2 heterocycles. The molecular weight excluding hydrogens is 450 g/mol. The van der Waals surface area contributed by atoms with E-state index in [1.54, 1.807) is 35.0 Å². The van der Waals surface area contributed by atoms with Crippen molar-refractivity contribution < 1.29 is 9.53 Å². The monoisotopic (exact) mass is 475 g/mol. The average Bonchev–Trinajstić information content (AvgIpc) is 3.25. The summed E-state index contributed by atoms with van der Waals surface area (Å²) < 4.78 is 7.57. The van der Waals surface area contributed by atoms with E-state index >= 15 is 0 Å². The van der Waals surface area contributed by atoms with Crippen LogP contribution in [0, 0.1) is 13.8 Å². The van der Waals surface area contributed by atoms with Gasteiger partial charge in [-0.2, -0.15) is 5.10 Å². The molecule has 36 heavy (non-hydrogen) atoms. The molecular formula is C29H25N5O2. The second kappa shape index (κ2) is 10.2. The summed E-state index contributed by atoms with van der Waals surface area (Å²) in [6.07, 6.45) is 0. The Morgan fingerprint density at radius 1 is 0.806 bits per heavy atom. The van der Waals surface area contributed by atoms with Crippen LogP contribution in [-0.2, 0) is 4.79 Å². The number of ether oxygens (including phenoxy) is 1. The molecule has 2 aromatic heterocycles. The molecule has 0 radical (unpaired) electrons. The number of carbonyl (C=O) groups excluding carboxylic acids is 1.